The second kappa shape index (κ2) is 12.0. The highest BCUT2D eigenvalue weighted by Gasteiger charge is 2.39. The van der Waals surface area contributed by atoms with Gasteiger partial charge in [0, 0.05) is 25.0 Å². The minimum absolute atomic E-state index is 0.0548. The molecule has 170 valence electrons. The van der Waals surface area contributed by atoms with Crippen molar-refractivity contribution in [3.63, 3.8) is 0 Å². The lowest BCUT2D eigenvalue weighted by Crippen LogP contribution is -2.60. The summed E-state index contributed by atoms with van der Waals surface area (Å²) >= 11 is 8.01. The van der Waals surface area contributed by atoms with E-state index in [0.717, 1.165) is 0 Å². The molecule has 1 rings (SSSR count). The fraction of sp³-hybridized carbons (Fsp3) is 0.706. The average molecular weight is 464 g/mol. The Hall–Kier alpha value is -1.99. The predicted molar refractivity (Wildman–Crippen MR) is 115 cm³/mol. The van der Waals surface area contributed by atoms with Crippen molar-refractivity contribution < 1.29 is 29.1 Å². The fourth-order valence-electron chi connectivity index (χ4n) is 3.06. The van der Waals surface area contributed by atoms with E-state index in [4.69, 9.17) is 5.73 Å². The molecule has 0 aliphatic carbocycles. The smallest absolute Gasteiger partial charge is 0.246 e. The van der Waals surface area contributed by atoms with E-state index >= 15 is 0 Å². The first-order valence-electron chi connectivity index (χ1n) is 9.40. The molecule has 1 aliphatic heterocycles. The number of thiol groups is 2. The molecule has 0 aromatic carbocycles. The van der Waals surface area contributed by atoms with Crippen LogP contribution in [0, 0.1) is 0 Å². The van der Waals surface area contributed by atoms with E-state index in [-0.39, 0.29) is 11.5 Å². The van der Waals surface area contributed by atoms with E-state index in [9.17, 15) is 29.1 Å². The molecule has 0 bridgehead atoms. The van der Waals surface area contributed by atoms with E-state index in [0.29, 0.717) is 19.4 Å². The summed E-state index contributed by atoms with van der Waals surface area (Å²) in [4.78, 5) is 61.9. The van der Waals surface area contributed by atoms with Crippen LogP contribution in [0.4, 0.5) is 0 Å². The van der Waals surface area contributed by atoms with Crippen LogP contribution in [0.15, 0.2) is 0 Å². The molecule has 5 atom stereocenters. The molecule has 1 fully saturated rings. The molecule has 5 amide bonds. The van der Waals surface area contributed by atoms with Crippen molar-refractivity contribution in [2.24, 2.45) is 5.73 Å². The van der Waals surface area contributed by atoms with Gasteiger partial charge in [-0.1, -0.05) is 0 Å². The molecular weight excluding hydrogens is 434 g/mol. The van der Waals surface area contributed by atoms with Crippen LogP contribution in [-0.4, -0.2) is 87.9 Å². The van der Waals surface area contributed by atoms with Gasteiger partial charge in [0.2, 0.25) is 29.5 Å². The average Bonchev–Trinajstić information content (AvgIpc) is 3.16. The highest BCUT2D eigenvalue weighted by molar-refractivity contribution is 7.80. The zero-order valence-corrected chi connectivity index (χ0v) is 18.6. The molecule has 0 unspecified atom stereocenters. The number of aliphatic hydroxyl groups is 1. The summed E-state index contributed by atoms with van der Waals surface area (Å²) in [6, 6.07) is -4.20. The first kappa shape index (κ1) is 26.0. The van der Waals surface area contributed by atoms with Gasteiger partial charge in [0.15, 0.2) is 0 Å². The number of primary amides is 1. The molecule has 0 aromatic heterocycles. The van der Waals surface area contributed by atoms with Crippen molar-refractivity contribution >= 4 is 54.8 Å². The van der Waals surface area contributed by atoms with Crippen molar-refractivity contribution in [2.75, 3.05) is 18.1 Å². The van der Waals surface area contributed by atoms with Crippen LogP contribution < -0.4 is 21.7 Å². The van der Waals surface area contributed by atoms with Crippen LogP contribution in [-0.2, 0) is 24.0 Å². The summed E-state index contributed by atoms with van der Waals surface area (Å²) in [6.07, 6.45) is -0.374. The van der Waals surface area contributed by atoms with Gasteiger partial charge in [0.05, 0.1) is 6.10 Å². The Labute approximate surface area is 185 Å². The van der Waals surface area contributed by atoms with Gasteiger partial charge in [-0.15, -0.1) is 0 Å². The first-order valence-corrected chi connectivity index (χ1v) is 10.7. The Bertz CT molecular complexity index is 677. The Kier molecular flexibility index (Phi) is 10.4. The van der Waals surface area contributed by atoms with Gasteiger partial charge >= 0.3 is 0 Å². The second-order valence-electron chi connectivity index (χ2n) is 7.00. The van der Waals surface area contributed by atoms with Gasteiger partial charge in [-0.3, -0.25) is 24.0 Å². The van der Waals surface area contributed by atoms with E-state index in [1.165, 1.54) is 18.7 Å². The van der Waals surface area contributed by atoms with Crippen LogP contribution in [0.3, 0.4) is 0 Å². The topological polar surface area (TPSA) is 171 Å². The summed E-state index contributed by atoms with van der Waals surface area (Å²) in [5.41, 5.74) is 5.17. The number of carbonyl (C=O) groups excluding carboxylic acids is 5. The molecule has 0 radical (unpaired) electrons. The third-order valence-corrected chi connectivity index (χ3v) is 5.33. The summed E-state index contributed by atoms with van der Waals surface area (Å²) in [7, 11) is 0. The van der Waals surface area contributed by atoms with Crippen molar-refractivity contribution in [2.45, 2.75) is 57.0 Å². The number of carbonyl (C=O) groups is 5. The molecule has 11 nitrogen and oxygen atoms in total. The summed E-state index contributed by atoms with van der Waals surface area (Å²) in [5.74, 6) is -3.11. The van der Waals surface area contributed by atoms with Crippen LogP contribution in [0.5, 0.6) is 0 Å². The summed E-state index contributed by atoms with van der Waals surface area (Å²) in [5, 5.41) is 17.2. The maximum absolute atomic E-state index is 12.8. The monoisotopic (exact) mass is 463 g/mol. The molecule has 1 saturated heterocycles. The number of nitrogens with two attached hydrogens (primary N) is 1. The zero-order valence-electron chi connectivity index (χ0n) is 16.8. The number of nitrogens with zero attached hydrogens (tertiary/aromatic N) is 1. The lowest BCUT2D eigenvalue weighted by Gasteiger charge is -2.30. The SMILES string of the molecule is CC(=O)N[C@@H](CS)C(=O)N1CCC[C@H]1C(=O)N[C@H](C(=O)N[C@@H](CS)C(N)=O)[C@@H](C)O. The number of aliphatic hydroxyl groups excluding tert-OH is 1. The highest BCUT2D eigenvalue weighted by atomic mass is 32.1. The van der Waals surface area contributed by atoms with Crippen LogP contribution >= 0.6 is 25.3 Å². The lowest BCUT2D eigenvalue weighted by molar-refractivity contribution is -0.142. The number of hydrogen-bond donors (Lipinski definition) is 7. The highest BCUT2D eigenvalue weighted by Crippen LogP contribution is 2.19. The lowest BCUT2D eigenvalue weighted by atomic mass is 10.1. The van der Waals surface area contributed by atoms with Crippen molar-refractivity contribution in [1.82, 2.24) is 20.9 Å². The van der Waals surface area contributed by atoms with E-state index < -0.39 is 59.8 Å². The molecule has 6 N–H and O–H groups in total. The van der Waals surface area contributed by atoms with Gasteiger partial charge < -0.3 is 31.7 Å². The fourth-order valence-corrected chi connectivity index (χ4v) is 3.58. The third-order valence-electron chi connectivity index (χ3n) is 4.60. The van der Waals surface area contributed by atoms with Gasteiger partial charge in [0.1, 0.15) is 24.2 Å². The number of hydrogen-bond acceptors (Lipinski definition) is 8. The number of likely N-dealkylation sites (tertiary alicyclic amines) is 1. The van der Waals surface area contributed by atoms with Crippen molar-refractivity contribution in [3.8, 4) is 0 Å². The molecule has 1 aliphatic rings. The molecule has 1 heterocycles. The minimum Gasteiger partial charge on any atom is -0.391 e. The van der Waals surface area contributed by atoms with Crippen LogP contribution in [0.1, 0.15) is 26.7 Å². The summed E-state index contributed by atoms with van der Waals surface area (Å²) in [6.45, 7) is 2.87. The number of rotatable bonds is 10. The maximum Gasteiger partial charge on any atom is 0.246 e. The van der Waals surface area contributed by atoms with Crippen LogP contribution in [0.25, 0.3) is 0 Å². The predicted octanol–water partition coefficient (Wildman–Crippen LogP) is -2.82. The van der Waals surface area contributed by atoms with Crippen molar-refractivity contribution in [1.29, 1.82) is 0 Å². The molecule has 0 saturated carbocycles. The van der Waals surface area contributed by atoms with Gasteiger partial charge in [-0.2, -0.15) is 25.3 Å². The Morgan fingerprint density at radius 1 is 1.10 bits per heavy atom. The van der Waals surface area contributed by atoms with Gasteiger partial charge in [-0.25, -0.2) is 0 Å². The normalized spacial score (nSPS) is 19.9. The molecule has 0 spiro atoms. The van der Waals surface area contributed by atoms with Crippen molar-refractivity contribution in [3.05, 3.63) is 0 Å². The molecular formula is C17H29N5O6S2. The quantitative estimate of drug-likeness (QED) is 0.172. The molecule has 0 aromatic rings. The maximum atomic E-state index is 12.8. The number of amides is 5. The second-order valence-corrected chi connectivity index (χ2v) is 7.73. The minimum atomic E-state index is -1.37. The largest absolute Gasteiger partial charge is 0.391 e. The third kappa shape index (κ3) is 7.06. The Morgan fingerprint density at radius 3 is 2.17 bits per heavy atom. The van der Waals surface area contributed by atoms with E-state index in [1.807, 2.05) is 0 Å². The van der Waals surface area contributed by atoms with Crippen LogP contribution in [0.2, 0.25) is 0 Å². The van der Waals surface area contributed by atoms with E-state index in [2.05, 4.69) is 41.2 Å². The Balaban J connectivity index is 2.90. The van der Waals surface area contributed by atoms with Gasteiger partial charge in [0.25, 0.3) is 0 Å². The van der Waals surface area contributed by atoms with Gasteiger partial charge in [-0.05, 0) is 19.8 Å². The Morgan fingerprint density at radius 2 is 1.70 bits per heavy atom. The zero-order chi connectivity index (χ0) is 23.0. The first-order chi connectivity index (χ1) is 14.0. The number of nitrogens with one attached hydrogen (secondary N) is 3. The summed E-state index contributed by atoms with van der Waals surface area (Å²) < 4.78 is 0. The van der Waals surface area contributed by atoms with E-state index in [1.54, 1.807) is 0 Å². The molecule has 13 heteroatoms. The molecule has 30 heavy (non-hydrogen) atoms. The standard InChI is InChI=1S/C17H29N5O6S2/c1-8(23)13(16(27)20-10(6-29)14(18)25)21-15(26)12-4-3-5-22(12)17(28)11(7-30)19-9(2)24/h8,10-13,23,29-30H,3-7H2,1-2H3,(H2,18,25)(H,19,24)(H,20,27)(H,21,26)/t8-,10+,11+,12+,13+/m1/s1.